The fourth-order valence-electron chi connectivity index (χ4n) is 4.09. The fourth-order valence-corrected chi connectivity index (χ4v) is 4.09. The largest absolute Gasteiger partial charge is 0.478 e. The van der Waals surface area contributed by atoms with Gasteiger partial charge in [0.1, 0.15) is 0 Å². The number of aromatic carboxylic acids is 1. The summed E-state index contributed by atoms with van der Waals surface area (Å²) in [5.41, 5.74) is 1.72. The van der Waals surface area contributed by atoms with Gasteiger partial charge in [0, 0.05) is 32.7 Å². The summed E-state index contributed by atoms with van der Waals surface area (Å²) in [5, 5.41) is 9.03. The van der Waals surface area contributed by atoms with Crippen LogP contribution in [0.4, 0.5) is 5.69 Å². The van der Waals surface area contributed by atoms with Crippen molar-refractivity contribution in [1.29, 1.82) is 0 Å². The van der Waals surface area contributed by atoms with E-state index in [9.17, 15) is 14.4 Å². The van der Waals surface area contributed by atoms with Crippen molar-refractivity contribution in [3.05, 3.63) is 71.8 Å². The maximum Gasteiger partial charge on any atom is 0.335 e. The first kappa shape index (κ1) is 23.7. The van der Waals surface area contributed by atoms with E-state index in [1.807, 2.05) is 18.2 Å². The highest BCUT2D eigenvalue weighted by Gasteiger charge is 2.43. The molecule has 4 rings (SSSR count). The first-order valence-electron chi connectivity index (χ1n) is 10.4. The summed E-state index contributed by atoms with van der Waals surface area (Å²) in [4.78, 5) is 42.1. The number of carbonyl (C=O) groups excluding carboxylic acids is 2. The summed E-state index contributed by atoms with van der Waals surface area (Å²) in [6, 6.07) is 15.6. The zero-order valence-electron chi connectivity index (χ0n) is 17.6. The number of imide groups is 1. The Morgan fingerprint density at radius 1 is 0.969 bits per heavy atom. The number of piperazine rings is 1. The number of nitrogens with zero attached hydrogens (tertiary/aromatic N) is 3. The topological polar surface area (TPSA) is 81.2 Å². The Labute approximate surface area is 193 Å². The van der Waals surface area contributed by atoms with E-state index in [1.54, 1.807) is 0 Å². The lowest BCUT2D eigenvalue weighted by Crippen LogP contribution is -2.52. The molecule has 0 bridgehead atoms. The number of carboxylic acid groups (broad SMARTS) is 1. The second-order valence-electron chi connectivity index (χ2n) is 7.79. The Morgan fingerprint density at radius 2 is 1.62 bits per heavy atom. The third-order valence-corrected chi connectivity index (χ3v) is 5.82. The average molecular weight is 456 g/mol. The molecule has 0 radical (unpaired) electrons. The van der Waals surface area contributed by atoms with Crippen LogP contribution in [-0.4, -0.2) is 71.5 Å². The van der Waals surface area contributed by atoms with Gasteiger partial charge >= 0.3 is 5.97 Å². The molecular weight excluding hydrogens is 430 g/mol. The van der Waals surface area contributed by atoms with E-state index >= 15 is 0 Å². The van der Waals surface area contributed by atoms with Crippen molar-refractivity contribution in [3.63, 3.8) is 0 Å². The van der Waals surface area contributed by atoms with E-state index in [1.165, 1.54) is 34.7 Å². The van der Waals surface area contributed by atoms with Crippen LogP contribution in [0.25, 0.3) is 6.08 Å². The van der Waals surface area contributed by atoms with Gasteiger partial charge in [0.15, 0.2) is 0 Å². The minimum absolute atomic E-state index is 0. The maximum absolute atomic E-state index is 13.0. The Bertz CT molecular complexity index is 986. The van der Waals surface area contributed by atoms with Gasteiger partial charge in [0.05, 0.1) is 23.7 Å². The van der Waals surface area contributed by atoms with Crippen molar-refractivity contribution in [2.24, 2.45) is 0 Å². The summed E-state index contributed by atoms with van der Waals surface area (Å²) in [6.07, 6.45) is 4.42. The van der Waals surface area contributed by atoms with Gasteiger partial charge in [0.25, 0.3) is 5.91 Å². The molecule has 32 heavy (non-hydrogen) atoms. The van der Waals surface area contributed by atoms with Crippen LogP contribution in [0.5, 0.6) is 0 Å². The highest BCUT2D eigenvalue weighted by atomic mass is 35.5. The lowest BCUT2D eigenvalue weighted by molar-refractivity contribution is -0.123. The van der Waals surface area contributed by atoms with E-state index < -0.39 is 12.0 Å². The molecule has 2 saturated heterocycles. The second-order valence-corrected chi connectivity index (χ2v) is 7.79. The number of benzene rings is 2. The Balaban J connectivity index is 0.00000289. The first-order chi connectivity index (χ1) is 15.0. The number of rotatable bonds is 6. The minimum atomic E-state index is -1.04. The Hall–Kier alpha value is -3.00. The third kappa shape index (κ3) is 5.24. The third-order valence-electron chi connectivity index (χ3n) is 5.82. The van der Waals surface area contributed by atoms with Crippen molar-refractivity contribution in [2.45, 2.75) is 12.5 Å². The van der Waals surface area contributed by atoms with Crippen LogP contribution in [0, 0.1) is 0 Å². The van der Waals surface area contributed by atoms with Crippen molar-refractivity contribution in [3.8, 4) is 0 Å². The summed E-state index contributed by atoms with van der Waals surface area (Å²) in [6.45, 7) is 3.99. The zero-order chi connectivity index (χ0) is 21.8. The number of amides is 2. The van der Waals surface area contributed by atoms with Crippen LogP contribution in [0.2, 0.25) is 0 Å². The number of hydrogen-bond acceptors (Lipinski definition) is 5. The summed E-state index contributed by atoms with van der Waals surface area (Å²) >= 11 is 0. The van der Waals surface area contributed by atoms with Gasteiger partial charge in [-0.25, -0.2) is 9.69 Å². The fraction of sp³-hybridized carbons (Fsp3) is 0.292. The minimum Gasteiger partial charge on any atom is -0.478 e. The van der Waals surface area contributed by atoms with E-state index in [0.717, 1.165) is 32.7 Å². The van der Waals surface area contributed by atoms with Crippen LogP contribution >= 0.6 is 12.4 Å². The molecule has 2 amide bonds. The van der Waals surface area contributed by atoms with Crippen LogP contribution in [0.3, 0.4) is 0 Å². The molecule has 0 saturated carbocycles. The zero-order valence-corrected chi connectivity index (χ0v) is 18.4. The summed E-state index contributed by atoms with van der Waals surface area (Å²) < 4.78 is 0. The molecule has 2 aromatic rings. The molecule has 2 fully saturated rings. The molecule has 2 heterocycles. The molecule has 1 N–H and O–H groups in total. The van der Waals surface area contributed by atoms with Crippen molar-refractivity contribution in [2.75, 3.05) is 37.6 Å². The number of halogens is 1. The summed E-state index contributed by atoms with van der Waals surface area (Å²) in [5.74, 6) is -1.52. The number of hydrogen-bond donors (Lipinski definition) is 1. The highest BCUT2D eigenvalue weighted by Crippen LogP contribution is 2.26. The molecule has 0 aromatic heterocycles. The van der Waals surface area contributed by atoms with Gasteiger partial charge in [0.2, 0.25) is 5.91 Å². The first-order valence-corrected chi connectivity index (χ1v) is 10.4. The molecular formula is C24H26ClN3O4. The molecule has 1 atom stereocenters. The second kappa shape index (κ2) is 10.5. The van der Waals surface area contributed by atoms with Gasteiger partial charge < -0.3 is 5.11 Å². The van der Waals surface area contributed by atoms with Gasteiger partial charge in [-0.2, -0.15) is 0 Å². The van der Waals surface area contributed by atoms with Gasteiger partial charge in [-0.1, -0.05) is 42.5 Å². The van der Waals surface area contributed by atoms with Crippen molar-refractivity contribution >= 4 is 42.0 Å². The normalized spacial score (nSPS) is 20.0. The van der Waals surface area contributed by atoms with Gasteiger partial charge in [-0.05, 0) is 29.8 Å². The summed E-state index contributed by atoms with van der Waals surface area (Å²) in [7, 11) is 0. The molecule has 1 unspecified atom stereocenters. The molecule has 168 valence electrons. The van der Waals surface area contributed by atoms with Crippen molar-refractivity contribution < 1.29 is 19.5 Å². The molecule has 8 heteroatoms. The van der Waals surface area contributed by atoms with Crippen molar-refractivity contribution in [1.82, 2.24) is 9.80 Å². The van der Waals surface area contributed by atoms with Gasteiger partial charge in [-0.15, -0.1) is 12.4 Å². The molecule has 0 aliphatic carbocycles. The smallest absolute Gasteiger partial charge is 0.335 e. The van der Waals surface area contributed by atoms with Crippen LogP contribution < -0.4 is 4.90 Å². The Kier molecular flexibility index (Phi) is 7.80. The van der Waals surface area contributed by atoms with Gasteiger partial charge in [-0.3, -0.25) is 19.4 Å². The monoisotopic (exact) mass is 455 g/mol. The molecule has 2 aromatic carbocycles. The molecule has 7 nitrogen and oxygen atoms in total. The molecule has 0 spiro atoms. The number of carboxylic acids is 1. The predicted octanol–water partition coefficient (Wildman–Crippen LogP) is 2.77. The quantitative estimate of drug-likeness (QED) is 0.674. The molecule has 2 aliphatic heterocycles. The van der Waals surface area contributed by atoms with E-state index in [2.05, 4.69) is 34.1 Å². The number of anilines is 1. The van der Waals surface area contributed by atoms with E-state index in [0.29, 0.717) is 5.69 Å². The van der Waals surface area contributed by atoms with E-state index in [4.69, 9.17) is 5.11 Å². The SMILES string of the molecule is Cl.O=C(O)c1ccc(N2C(=O)CC(N3CCN(CC=Cc4ccccc4)CC3)C2=O)cc1. The highest BCUT2D eigenvalue weighted by molar-refractivity contribution is 6.22. The average Bonchev–Trinajstić information content (AvgIpc) is 3.09. The standard InChI is InChI=1S/C24H25N3O4.ClH/c28-22-17-21(23(29)27(22)20-10-8-19(9-11-20)24(30)31)26-15-13-25(14-16-26)12-4-7-18-5-2-1-3-6-18;/h1-11,21H,12-17H2,(H,30,31);1H. The van der Waals surface area contributed by atoms with Crippen LogP contribution in [-0.2, 0) is 9.59 Å². The van der Waals surface area contributed by atoms with Crippen LogP contribution in [0.15, 0.2) is 60.7 Å². The number of carbonyl (C=O) groups is 3. The molecule has 2 aliphatic rings. The predicted molar refractivity (Wildman–Crippen MR) is 125 cm³/mol. The Morgan fingerprint density at radius 3 is 2.25 bits per heavy atom. The van der Waals surface area contributed by atoms with Crippen LogP contribution in [0.1, 0.15) is 22.3 Å². The van der Waals surface area contributed by atoms with E-state index in [-0.39, 0.29) is 36.2 Å². The maximum atomic E-state index is 13.0. The lowest BCUT2D eigenvalue weighted by atomic mass is 10.1. The lowest BCUT2D eigenvalue weighted by Gasteiger charge is -2.36.